The van der Waals surface area contributed by atoms with Crippen LogP contribution < -0.4 is 0 Å². The lowest BCUT2D eigenvalue weighted by Crippen LogP contribution is -2.38. The van der Waals surface area contributed by atoms with Crippen LogP contribution >= 0.6 is 20.4 Å². The van der Waals surface area contributed by atoms with Gasteiger partial charge in [0.2, 0.25) is 0 Å². The molecule has 5 heteroatoms. The van der Waals surface area contributed by atoms with Crippen LogP contribution in [-0.4, -0.2) is 42.5 Å². The Morgan fingerprint density at radius 2 is 1.79 bits per heavy atom. The Morgan fingerprint density at radius 3 is 1.86 bits per heavy atom. The summed E-state index contributed by atoms with van der Waals surface area (Å²) in [5.41, 5.74) is 0. The predicted molar refractivity (Wildman–Crippen MR) is 66.1 cm³/mol. The van der Waals surface area contributed by atoms with Gasteiger partial charge in [0.25, 0.3) is 0 Å². The molecule has 2 unspecified atom stereocenters. The van der Waals surface area contributed by atoms with E-state index in [4.69, 9.17) is 0 Å². The van der Waals surface area contributed by atoms with Gasteiger partial charge in [0.1, 0.15) is 12.4 Å². The van der Waals surface area contributed by atoms with Crippen molar-refractivity contribution >= 4 is 20.4 Å². The van der Waals surface area contributed by atoms with E-state index in [1.165, 1.54) is 0 Å². The maximum absolute atomic E-state index is 11.3. The average Bonchev–Trinajstić information content (AvgIpc) is 2.91. The van der Waals surface area contributed by atoms with Crippen molar-refractivity contribution < 1.29 is 9.30 Å². The van der Waals surface area contributed by atoms with Crippen molar-refractivity contribution in [3.05, 3.63) is 0 Å². The number of hydrogen-bond donors (Lipinski definition) is 1. The van der Waals surface area contributed by atoms with Gasteiger partial charge in [-0.3, -0.25) is 4.90 Å². The standard InChI is InChI=1S/C7H18NOPS.C2H4O/c1-5-8(6-2)7(3,11)10(4)9;1-2-3-1/h10-11H,5-6H2,1-4H3;1-2H2. The quantitative estimate of drug-likeness (QED) is 0.353. The van der Waals surface area contributed by atoms with E-state index in [0.717, 1.165) is 26.3 Å². The highest BCUT2D eigenvalue weighted by molar-refractivity contribution is 7.89. The molecule has 1 aliphatic rings. The molecule has 0 aromatic carbocycles. The first-order valence-electron chi connectivity index (χ1n) is 5.03. The lowest BCUT2D eigenvalue weighted by atomic mass is 10.5. The van der Waals surface area contributed by atoms with Gasteiger partial charge in [-0.1, -0.05) is 13.8 Å². The molecule has 0 aromatic rings. The van der Waals surface area contributed by atoms with Crippen molar-refractivity contribution in [3.8, 4) is 0 Å². The van der Waals surface area contributed by atoms with Crippen molar-refractivity contribution in [3.63, 3.8) is 0 Å². The Balaban J connectivity index is 0.000000469. The molecule has 1 fully saturated rings. The molecule has 1 aliphatic heterocycles. The van der Waals surface area contributed by atoms with E-state index < -0.39 is 12.4 Å². The molecule has 3 nitrogen and oxygen atoms in total. The van der Waals surface area contributed by atoms with Crippen molar-refractivity contribution in [2.24, 2.45) is 0 Å². The van der Waals surface area contributed by atoms with Crippen LogP contribution in [0.5, 0.6) is 0 Å². The highest BCUT2D eigenvalue weighted by atomic mass is 32.1. The van der Waals surface area contributed by atoms with Crippen LogP contribution in [0.1, 0.15) is 20.8 Å². The molecule has 1 saturated heterocycles. The minimum absolute atomic E-state index is 0.409. The van der Waals surface area contributed by atoms with Gasteiger partial charge in [-0.2, -0.15) is 0 Å². The van der Waals surface area contributed by atoms with Gasteiger partial charge < -0.3 is 9.30 Å². The van der Waals surface area contributed by atoms with Crippen molar-refractivity contribution in [2.45, 2.75) is 25.4 Å². The maximum atomic E-state index is 11.3. The number of epoxide rings is 1. The zero-order valence-corrected chi connectivity index (χ0v) is 11.4. The Morgan fingerprint density at radius 1 is 1.43 bits per heavy atom. The Kier molecular flexibility index (Phi) is 7.13. The molecular formula is C9H22NO2PS. The van der Waals surface area contributed by atoms with Crippen LogP contribution in [0.25, 0.3) is 0 Å². The first-order valence-corrected chi connectivity index (χ1v) is 7.38. The molecule has 1 rings (SSSR count). The third-order valence-corrected chi connectivity index (χ3v) is 5.13. The average molecular weight is 239 g/mol. The monoisotopic (exact) mass is 239 g/mol. The summed E-state index contributed by atoms with van der Waals surface area (Å²) in [4.78, 5) is 2.11. The van der Waals surface area contributed by atoms with Crippen LogP contribution in [0.15, 0.2) is 0 Å². The van der Waals surface area contributed by atoms with Gasteiger partial charge in [0.15, 0.2) is 0 Å². The van der Waals surface area contributed by atoms with E-state index in [0.29, 0.717) is 0 Å². The summed E-state index contributed by atoms with van der Waals surface area (Å²) in [5.74, 6) is 0. The minimum atomic E-state index is -1.59. The number of ether oxygens (including phenoxy) is 1. The summed E-state index contributed by atoms with van der Waals surface area (Å²) in [6, 6.07) is 0. The lowest BCUT2D eigenvalue weighted by Gasteiger charge is -2.34. The minimum Gasteiger partial charge on any atom is -0.377 e. The second kappa shape index (κ2) is 6.89. The molecule has 0 bridgehead atoms. The number of rotatable bonds is 4. The van der Waals surface area contributed by atoms with Gasteiger partial charge >= 0.3 is 0 Å². The van der Waals surface area contributed by atoms with E-state index in [-0.39, 0.29) is 0 Å². The molecule has 0 N–H and O–H groups in total. The molecule has 0 amide bonds. The van der Waals surface area contributed by atoms with Gasteiger partial charge in [-0.15, -0.1) is 12.6 Å². The fourth-order valence-electron chi connectivity index (χ4n) is 1.06. The summed E-state index contributed by atoms with van der Waals surface area (Å²) < 4.78 is 15.4. The van der Waals surface area contributed by atoms with Gasteiger partial charge in [-0.25, -0.2) is 0 Å². The molecular weight excluding hydrogens is 217 g/mol. The van der Waals surface area contributed by atoms with Crippen molar-refractivity contribution in [1.29, 1.82) is 0 Å². The molecule has 86 valence electrons. The van der Waals surface area contributed by atoms with E-state index in [9.17, 15) is 4.57 Å². The van der Waals surface area contributed by atoms with Crippen molar-refractivity contribution in [1.82, 2.24) is 4.90 Å². The molecule has 0 aromatic heterocycles. The fourth-order valence-corrected chi connectivity index (χ4v) is 2.11. The maximum Gasteiger partial charge on any atom is 0.112 e. The van der Waals surface area contributed by atoms with Crippen LogP contribution in [0.2, 0.25) is 0 Å². The Labute approximate surface area is 93.4 Å². The predicted octanol–water partition coefficient (Wildman–Crippen LogP) is 2.14. The lowest BCUT2D eigenvalue weighted by molar-refractivity contribution is 0.266. The molecule has 0 aliphatic carbocycles. The third kappa shape index (κ3) is 5.40. The topological polar surface area (TPSA) is 32.8 Å². The summed E-state index contributed by atoms with van der Waals surface area (Å²) in [5, 5.41) is 0. The summed E-state index contributed by atoms with van der Waals surface area (Å²) in [7, 11) is -1.59. The van der Waals surface area contributed by atoms with Gasteiger partial charge in [-0.05, 0) is 26.7 Å². The van der Waals surface area contributed by atoms with Gasteiger partial charge in [0.05, 0.1) is 13.2 Å². The largest absolute Gasteiger partial charge is 0.377 e. The van der Waals surface area contributed by atoms with E-state index in [1.54, 1.807) is 6.66 Å². The molecule has 0 saturated carbocycles. The molecule has 0 spiro atoms. The molecule has 2 atom stereocenters. The number of hydrogen-bond acceptors (Lipinski definition) is 4. The zero-order valence-electron chi connectivity index (χ0n) is 9.54. The van der Waals surface area contributed by atoms with Crippen LogP contribution in [0.4, 0.5) is 0 Å². The second-order valence-corrected chi connectivity index (χ2v) is 6.74. The highest BCUT2D eigenvalue weighted by Gasteiger charge is 2.28. The Bertz CT molecular complexity index is 179. The zero-order chi connectivity index (χ0) is 11.2. The van der Waals surface area contributed by atoms with E-state index >= 15 is 0 Å². The second-order valence-electron chi connectivity index (χ2n) is 3.36. The fraction of sp³-hybridized carbons (Fsp3) is 1.00. The number of nitrogens with zero attached hydrogens (tertiary/aromatic N) is 1. The van der Waals surface area contributed by atoms with Crippen LogP contribution in [-0.2, 0) is 9.30 Å². The first kappa shape index (κ1) is 14.5. The SMILES string of the molecule is C1CO1.CCN(CC)C(C)(S)[PH](C)=O. The van der Waals surface area contributed by atoms with Gasteiger partial charge in [0, 0.05) is 0 Å². The summed E-state index contributed by atoms with van der Waals surface area (Å²) in [6.45, 7) is 11.6. The van der Waals surface area contributed by atoms with E-state index in [1.807, 2.05) is 6.92 Å². The normalized spacial score (nSPS) is 20.7. The molecule has 1 heterocycles. The number of thiol groups is 1. The third-order valence-electron chi connectivity index (χ3n) is 2.25. The Hall–Kier alpha value is 0.500. The summed E-state index contributed by atoms with van der Waals surface area (Å²) in [6.07, 6.45) is 0. The molecule has 0 radical (unpaired) electrons. The van der Waals surface area contributed by atoms with Crippen molar-refractivity contribution in [2.75, 3.05) is 33.0 Å². The van der Waals surface area contributed by atoms with Crippen LogP contribution in [0, 0.1) is 0 Å². The smallest absolute Gasteiger partial charge is 0.112 e. The first-order chi connectivity index (χ1) is 6.46. The summed E-state index contributed by atoms with van der Waals surface area (Å²) >= 11 is 4.40. The van der Waals surface area contributed by atoms with E-state index in [2.05, 4.69) is 36.1 Å². The highest BCUT2D eigenvalue weighted by Crippen LogP contribution is 2.41. The van der Waals surface area contributed by atoms with Crippen LogP contribution in [0.3, 0.4) is 0 Å². The molecule has 14 heavy (non-hydrogen) atoms.